The van der Waals surface area contributed by atoms with E-state index in [0.717, 1.165) is 17.8 Å². The van der Waals surface area contributed by atoms with Crippen molar-refractivity contribution in [3.63, 3.8) is 0 Å². The Hall–Kier alpha value is -0.970. The van der Waals surface area contributed by atoms with Crippen molar-refractivity contribution in [3.05, 3.63) is 10.0 Å². The van der Waals surface area contributed by atoms with Gasteiger partial charge in [0.15, 0.2) is 0 Å². The van der Waals surface area contributed by atoms with E-state index < -0.39 is 5.97 Å². The van der Waals surface area contributed by atoms with Crippen molar-refractivity contribution in [2.45, 2.75) is 25.2 Å². The fraction of sp³-hybridized carbons (Fsp3) is 0.571. The van der Waals surface area contributed by atoms with Crippen LogP contribution in [0.2, 0.25) is 0 Å². The van der Waals surface area contributed by atoms with E-state index in [-0.39, 0.29) is 5.01 Å². The predicted octanol–water partition coefficient (Wildman–Crippen LogP) is 1.50. The van der Waals surface area contributed by atoms with Gasteiger partial charge in [0, 0.05) is 5.92 Å². The van der Waals surface area contributed by atoms with Gasteiger partial charge in [0.1, 0.15) is 5.01 Å². The molecular weight excluding hydrogens is 176 g/mol. The van der Waals surface area contributed by atoms with Crippen LogP contribution in [0.4, 0.5) is 0 Å². The molecule has 2 rings (SSSR count). The lowest BCUT2D eigenvalue weighted by molar-refractivity contribution is 0.0695. The van der Waals surface area contributed by atoms with Crippen LogP contribution in [0.1, 0.15) is 40.0 Å². The van der Waals surface area contributed by atoms with E-state index in [1.807, 2.05) is 0 Å². The van der Waals surface area contributed by atoms with Crippen molar-refractivity contribution < 1.29 is 9.90 Å². The topological polar surface area (TPSA) is 63.1 Å². The quantitative estimate of drug-likeness (QED) is 0.756. The highest BCUT2D eigenvalue weighted by molar-refractivity contribution is 7.13. The summed E-state index contributed by atoms with van der Waals surface area (Å²) in [6.45, 7) is 0. The molecule has 0 aromatic carbocycles. The van der Waals surface area contributed by atoms with Crippen LogP contribution < -0.4 is 0 Å². The molecule has 1 aliphatic rings. The van der Waals surface area contributed by atoms with Gasteiger partial charge in [-0.25, -0.2) is 4.79 Å². The van der Waals surface area contributed by atoms with Crippen LogP contribution in [0.15, 0.2) is 0 Å². The SMILES string of the molecule is O=C(O)c1nnc(C2CCC2)s1. The van der Waals surface area contributed by atoms with E-state index in [1.165, 1.54) is 17.8 Å². The summed E-state index contributed by atoms with van der Waals surface area (Å²) >= 11 is 1.20. The summed E-state index contributed by atoms with van der Waals surface area (Å²) in [6.07, 6.45) is 3.50. The maximum atomic E-state index is 10.5. The molecular formula is C7H8N2O2S. The Balaban J connectivity index is 2.17. The Morgan fingerprint density at radius 1 is 1.50 bits per heavy atom. The highest BCUT2D eigenvalue weighted by Gasteiger charge is 2.24. The number of hydrogen-bond acceptors (Lipinski definition) is 4. The van der Waals surface area contributed by atoms with Gasteiger partial charge in [0.05, 0.1) is 0 Å². The molecule has 5 heteroatoms. The lowest BCUT2D eigenvalue weighted by atomic mass is 9.86. The smallest absolute Gasteiger partial charge is 0.367 e. The molecule has 1 fully saturated rings. The first-order chi connectivity index (χ1) is 5.77. The third-order valence-electron chi connectivity index (χ3n) is 2.08. The van der Waals surface area contributed by atoms with E-state index in [0.29, 0.717) is 5.92 Å². The summed E-state index contributed by atoms with van der Waals surface area (Å²) in [5, 5.41) is 17.0. The largest absolute Gasteiger partial charge is 0.476 e. The minimum absolute atomic E-state index is 0.108. The number of carbonyl (C=O) groups is 1. The minimum Gasteiger partial charge on any atom is -0.476 e. The van der Waals surface area contributed by atoms with Gasteiger partial charge in [-0.15, -0.1) is 10.2 Å². The Labute approximate surface area is 73.3 Å². The summed E-state index contributed by atoms with van der Waals surface area (Å²) in [7, 11) is 0. The van der Waals surface area contributed by atoms with Crippen molar-refractivity contribution in [1.29, 1.82) is 0 Å². The third-order valence-corrected chi connectivity index (χ3v) is 3.15. The number of aromatic nitrogens is 2. The van der Waals surface area contributed by atoms with Crippen LogP contribution in [0, 0.1) is 0 Å². The van der Waals surface area contributed by atoms with Crippen LogP contribution >= 0.6 is 11.3 Å². The first-order valence-corrected chi connectivity index (χ1v) is 4.65. The van der Waals surface area contributed by atoms with Gasteiger partial charge in [-0.05, 0) is 12.8 Å². The van der Waals surface area contributed by atoms with Crippen molar-refractivity contribution in [1.82, 2.24) is 10.2 Å². The average molecular weight is 184 g/mol. The average Bonchev–Trinajstić information content (AvgIpc) is 2.32. The Morgan fingerprint density at radius 3 is 2.67 bits per heavy atom. The molecule has 1 N–H and O–H groups in total. The van der Waals surface area contributed by atoms with Gasteiger partial charge in [0.2, 0.25) is 5.01 Å². The lowest BCUT2D eigenvalue weighted by Crippen LogP contribution is -2.07. The maximum absolute atomic E-state index is 10.5. The Morgan fingerprint density at radius 2 is 2.25 bits per heavy atom. The van der Waals surface area contributed by atoms with Crippen molar-refractivity contribution >= 4 is 17.3 Å². The molecule has 0 bridgehead atoms. The first kappa shape index (κ1) is 7.67. The molecule has 1 aromatic heterocycles. The molecule has 1 aromatic rings. The molecule has 0 aliphatic heterocycles. The zero-order valence-electron chi connectivity index (χ0n) is 6.36. The van der Waals surface area contributed by atoms with Gasteiger partial charge in [-0.2, -0.15) is 0 Å². The molecule has 0 spiro atoms. The molecule has 64 valence electrons. The van der Waals surface area contributed by atoms with Gasteiger partial charge in [-0.1, -0.05) is 17.8 Å². The number of nitrogens with zero attached hydrogens (tertiary/aromatic N) is 2. The van der Waals surface area contributed by atoms with E-state index >= 15 is 0 Å². The van der Waals surface area contributed by atoms with E-state index in [9.17, 15) is 4.79 Å². The summed E-state index contributed by atoms with van der Waals surface area (Å²) in [4.78, 5) is 10.5. The number of carboxylic acids is 1. The third kappa shape index (κ3) is 1.20. The molecule has 4 nitrogen and oxygen atoms in total. The first-order valence-electron chi connectivity index (χ1n) is 3.84. The standard InChI is InChI=1S/C7H8N2O2S/c10-7(11)6-9-8-5(12-6)4-2-1-3-4/h4H,1-3H2,(H,10,11). The van der Waals surface area contributed by atoms with Crippen molar-refractivity contribution in [2.24, 2.45) is 0 Å². The highest BCUT2D eigenvalue weighted by atomic mass is 32.1. The molecule has 0 saturated heterocycles. The normalized spacial score (nSPS) is 17.3. The van der Waals surface area contributed by atoms with E-state index in [2.05, 4.69) is 10.2 Å². The molecule has 0 unspecified atom stereocenters. The van der Waals surface area contributed by atoms with Gasteiger partial charge >= 0.3 is 5.97 Å². The van der Waals surface area contributed by atoms with Crippen LogP contribution in [0.5, 0.6) is 0 Å². The van der Waals surface area contributed by atoms with Crippen LogP contribution in [-0.4, -0.2) is 21.3 Å². The lowest BCUT2D eigenvalue weighted by Gasteiger charge is -2.21. The molecule has 1 saturated carbocycles. The predicted molar refractivity (Wildman–Crippen MR) is 43.5 cm³/mol. The van der Waals surface area contributed by atoms with Crippen molar-refractivity contribution in [3.8, 4) is 0 Å². The molecule has 12 heavy (non-hydrogen) atoms. The van der Waals surface area contributed by atoms with Crippen LogP contribution in [0.25, 0.3) is 0 Å². The second-order valence-corrected chi connectivity index (χ2v) is 3.89. The Kier molecular flexibility index (Phi) is 1.80. The summed E-state index contributed by atoms with van der Waals surface area (Å²) in [5.41, 5.74) is 0. The Bertz CT molecular complexity index is 306. The summed E-state index contributed by atoms with van der Waals surface area (Å²) in [6, 6.07) is 0. The second kappa shape index (κ2) is 2.82. The second-order valence-electron chi connectivity index (χ2n) is 2.88. The molecule has 0 atom stereocenters. The number of hydrogen-bond donors (Lipinski definition) is 1. The molecule has 1 heterocycles. The van der Waals surface area contributed by atoms with Gasteiger partial charge in [-0.3, -0.25) is 0 Å². The molecule has 0 amide bonds. The van der Waals surface area contributed by atoms with E-state index in [4.69, 9.17) is 5.11 Å². The fourth-order valence-electron chi connectivity index (χ4n) is 1.14. The molecule has 1 aliphatic carbocycles. The number of carboxylic acid groups (broad SMARTS) is 1. The zero-order chi connectivity index (χ0) is 8.55. The van der Waals surface area contributed by atoms with Crippen molar-refractivity contribution in [2.75, 3.05) is 0 Å². The summed E-state index contributed by atoms with van der Waals surface area (Å²) < 4.78 is 0. The van der Waals surface area contributed by atoms with Crippen LogP contribution in [-0.2, 0) is 0 Å². The highest BCUT2D eigenvalue weighted by Crippen LogP contribution is 2.37. The van der Waals surface area contributed by atoms with Gasteiger partial charge < -0.3 is 5.11 Å². The summed E-state index contributed by atoms with van der Waals surface area (Å²) in [5.74, 6) is -0.492. The number of aromatic carboxylic acids is 1. The molecule has 0 radical (unpaired) electrons. The minimum atomic E-state index is -0.974. The zero-order valence-corrected chi connectivity index (χ0v) is 7.17. The van der Waals surface area contributed by atoms with Gasteiger partial charge in [0.25, 0.3) is 0 Å². The van der Waals surface area contributed by atoms with E-state index in [1.54, 1.807) is 0 Å². The monoisotopic (exact) mass is 184 g/mol. The van der Waals surface area contributed by atoms with Crippen LogP contribution in [0.3, 0.4) is 0 Å². The number of rotatable bonds is 2. The maximum Gasteiger partial charge on any atom is 0.367 e. The fourth-order valence-corrected chi connectivity index (χ4v) is 1.99.